The summed E-state index contributed by atoms with van der Waals surface area (Å²) < 4.78 is 12.1. The van der Waals surface area contributed by atoms with E-state index in [0.29, 0.717) is 42.7 Å². The first-order chi connectivity index (χ1) is 13.0. The van der Waals surface area contributed by atoms with Gasteiger partial charge in [0.15, 0.2) is 16.6 Å². The van der Waals surface area contributed by atoms with Crippen molar-refractivity contribution >= 4 is 40.0 Å². The molecule has 0 aliphatic carbocycles. The summed E-state index contributed by atoms with van der Waals surface area (Å²) in [6, 6.07) is 7.46. The molecule has 2 aromatic rings. The Kier molecular flexibility index (Phi) is 8.41. The molecule has 0 saturated carbocycles. The quantitative estimate of drug-likeness (QED) is 0.436. The van der Waals surface area contributed by atoms with Gasteiger partial charge in [-0.15, -0.1) is 11.8 Å². The van der Waals surface area contributed by atoms with Crippen molar-refractivity contribution < 1.29 is 19.1 Å². The second-order valence-electron chi connectivity index (χ2n) is 5.53. The summed E-state index contributed by atoms with van der Waals surface area (Å²) in [6.07, 6.45) is 0.888. The van der Waals surface area contributed by atoms with Crippen LogP contribution in [-0.4, -0.2) is 35.8 Å². The van der Waals surface area contributed by atoms with Gasteiger partial charge in [-0.1, -0.05) is 23.5 Å². The number of thiazole rings is 1. The predicted molar refractivity (Wildman–Crippen MR) is 108 cm³/mol. The van der Waals surface area contributed by atoms with E-state index in [2.05, 4.69) is 10.3 Å². The Balaban J connectivity index is 1.75. The first-order valence-electron chi connectivity index (χ1n) is 8.52. The molecular weight excluding hydrogens is 386 g/mol. The van der Waals surface area contributed by atoms with Crippen LogP contribution in [0.15, 0.2) is 28.5 Å². The number of hydrogen-bond acceptors (Lipinski definition) is 7. The van der Waals surface area contributed by atoms with E-state index in [4.69, 9.17) is 15.2 Å². The summed E-state index contributed by atoms with van der Waals surface area (Å²) in [5.41, 5.74) is 5.92. The van der Waals surface area contributed by atoms with Crippen LogP contribution in [0.3, 0.4) is 0 Å². The molecule has 0 atom stereocenters. The van der Waals surface area contributed by atoms with Crippen molar-refractivity contribution in [3.63, 3.8) is 0 Å². The topological polar surface area (TPSA) is 104 Å². The molecule has 0 saturated heterocycles. The SMILES string of the molecule is CCOc1ccccc1OCCCC(=O)Nc1nc(C)c(SCC(N)=O)s1. The van der Waals surface area contributed by atoms with E-state index in [1.807, 2.05) is 38.1 Å². The van der Waals surface area contributed by atoms with Crippen LogP contribution in [0.2, 0.25) is 0 Å². The summed E-state index contributed by atoms with van der Waals surface area (Å²) in [4.78, 5) is 27.2. The number of aryl methyl sites for hydroxylation is 1. The number of carbonyl (C=O) groups is 2. The van der Waals surface area contributed by atoms with Gasteiger partial charge in [-0.25, -0.2) is 4.98 Å². The largest absolute Gasteiger partial charge is 0.490 e. The maximum atomic E-state index is 12.1. The van der Waals surface area contributed by atoms with Gasteiger partial charge in [0, 0.05) is 6.42 Å². The number of amides is 2. The van der Waals surface area contributed by atoms with Gasteiger partial charge in [0.05, 0.1) is 28.9 Å². The molecule has 3 N–H and O–H groups in total. The molecule has 0 unspecified atom stereocenters. The van der Waals surface area contributed by atoms with Gasteiger partial charge in [-0.2, -0.15) is 0 Å². The fourth-order valence-corrected chi connectivity index (χ4v) is 4.04. The Hall–Kier alpha value is -2.26. The van der Waals surface area contributed by atoms with E-state index in [0.717, 1.165) is 9.90 Å². The highest BCUT2D eigenvalue weighted by Gasteiger charge is 2.12. The second-order valence-corrected chi connectivity index (χ2v) is 7.77. The fraction of sp³-hybridized carbons (Fsp3) is 0.389. The lowest BCUT2D eigenvalue weighted by Crippen LogP contribution is -2.12. The Morgan fingerprint density at radius 2 is 1.96 bits per heavy atom. The fourth-order valence-electron chi connectivity index (χ4n) is 2.15. The number of para-hydroxylation sites is 2. The molecule has 27 heavy (non-hydrogen) atoms. The van der Waals surface area contributed by atoms with Gasteiger partial charge in [0.1, 0.15) is 0 Å². The van der Waals surface area contributed by atoms with E-state index < -0.39 is 0 Å². The standard InChI is InChI=1S/C18H23N3O4S2/c1-3-24-13-7-4-5-8-14(13)25-10-6-9-16(23)21-18-20-12(2)17(27-18)26-11-15(19)22/h4-5,7-8H,3,6,9-11H2,1-2H3,(H2,19,22)(H,20,21,23). The summed E-state index contributed by atoms with van der Waals surface area (Å²) in [5.74, 6) is 1.05. The third-order valence-corrected chi connectivity index (χ3v) is 5.76. The first kappa shape index (κ1) is 21.0. The predicted octanol–water partition coefficient (Wildman–Crippen LogP) is 3.23. The molecule has 0 aliphatic heterocycles. The second kappa shape index (κ2) is 10.8. The summed E-state index contributed by atoms with van der Waals surface area (Å²) >= 11 is 2.66. The Morgan fingerprint density at radius 3 is 2.63 bits per heavy atom. The van der Waals surface area contributed by atoms with Crippen molar-refractivity contribution in [3.05, 3.63) is 30.0 Å². The summed E-state index contributed by atoms with van der Waals surface area (Å²) in [6.45, 7) is 4.72. The van der Waals surface area contributed by atoms with E-state index in [9.17, 15) is 9.59 Å². The lowest BCUT2D eigenvalue weighted by Gasteiger charge is -2.11. The molecule has 1 aromatic heterocycles. The Bertz CT molecular complexity index is 780. The molecule has 9 heteroatoms. The van der Waals surface area contributed by atoms with Gasteiger partial charge in [0.25, 0.3) is 0 Å². The van der Waals surface area contributed by atoms with Crippen LogP contribution < -0.4 is 20.5 Å². The molecule has 146 valence electrons. The van der Waals surface area contributed by atoms with Gasteiger partial charge < -0.3 is 20.5 Å². The van der Waals surface area contributed by atoms with E-state index >= 15 is 0 Å². The van der Waals surface area contributed by atoms with E-state index in [-0.39, 0.29) is 17.6 Å². The first-order valence-corrected chi connectivity index (χ1v) is 10.3. The van der Waals surface area contributed by atoms with Crippen molar-refractivity contribution in [3.8, 4) is 11.5 Å². The number of anilines is 1. The third kappa shape index (κ3) is 7.10. The highest BCUT2D eigenvalue weighted by molar-refractivity contribution is 8.01. The lowest BCUT2D eigenvalue weighted by atomic mass is 10.3. The number of nitrogens with zero attached hydrogens (tertiary/aromatic N) is 1. The number of aromatic nitrogens is 1. The monoisotopic (exact) mass is 409 g/mol. The van der Waals surface area contributed by atoms with E-state index in [1.54, 1.807) is 0 Å². The van der Waals surface area contributed by atoms with Crippen LogP contribution in [0.25, 0.3) is 0 Å². The zero-order valence-electron chi connectivity index (χ0n) is 15.3. The molecule has 1 aromatic carbocycles. The molecule has 0 aliphatic rings. The van der Waals surface area contributed by atoms with E-state index in [1.165, 1.54) is 23.1 Å². The molecule has 0 bridgehead atoms. The molecule has 2 amide bonds. The van der Waals surface area contributed by atoms with Crippen LogP contribution in [0.4, 0.5) is 5.13 Å². The average molecular weight is 410 g/mol. The number of carbonyl (C=O) groups excluding carboxylic acids is 2. The summed E-state index contributed by atoms with van der Waals surface area (Å²) in [5, 5.41) is 3.30. The number of rotatable bonds is 11. The van der Waals surface area contributed by atoms with Crippen molar-refractivity contribution in [2.45, 2.75) is 30.9 Å². The normalized spacial score (nSPS) is 10.4. The van der Waals surface area contributed by atoms with Crippen molar-refractivity contribution in [2.75, 3.05) is 24.3 Å². The van der Waals surface area contributed by atoms with Gasteiger partial charge in [-0.05, 0) is 32.4 Å². The lowest BCUT2D eigenvalue weighted by molar-refractivity contribution is -0.116. The zero-order valence-corrected chi connectivity index (χ0v) is 17.0. The van der Waals surface area contributed by atoms with Crippen LogP contribution >= 0.6 is 23.1 Å². The number of benzene rings is 1. The van der Waals surface area contributed by atoms with Gasteiger partial charge in [-0.3, -0.25) is 9.59 Å². The number of ether oxygens (including phenoxy) is 2. The number of nitrogens with two attached hydrogens (primary N) is 1. The number of primary amides is 1. The maximum absolute atomic E-state index is 12.1. The summed E-state index contributed by atoms with van der Waals surface area (Å²) in [7, 11) is 0. The van der Waals surface area contributed by atoms with Crippen LogP contribution in [0.1, 0.15) is 25.5 Å². The van der Waals surface area contributed by atoms with Crippen LogP contribution in [0.5, 0.6) is 11.5 Å². The van der Waals surface area contributed by atoms with Crippen molar-refractivity contribution in [2.24, 2.45) is 5.73 Å². The Morgan fingerprint density at radius 1 is 1.26 bits per heavy atom. The number of thioether (sulfide) groups is 1. The number of nitrogens with one attached hydrogen (secondary N) is 1. The molecular formula is C18H23N3O4S2. The molecule has 7 nitrogen and oxygen atoms in total. The third-order valence-electron chi connectivity index (χ3n) is 3.30. The van der Waals surface area contributed by atoms with Crippen molar-refractivity contribution in [1.82, 2.24) is 4.98 Å². The van der Waals surface area contributed by atoms with Gasteiger partial charge >= 0.3 is 0 Å². The maximum Gasteiger partial charge on any atom is 0.227 e. The average Bonchev–Trinajstić information content (AvgIpc) is 2.97. The van der Waals surface area contributed by atoms with Gasteiger partial charge in [0.2, 0.25) is 11.8 Å². The molecule has 0 radical (unpaired) electrons. The molecule has 0 spiro atoms. The smallest absolute Gasteiger partial charge is 0.227 e. The van der Waals surface area contributed by atoms with Crippen molar-refractivity contribution in [1.29, 1.82) is 0 Å². The molecule has 2 rings (SSSR count). The van der Waals surface area contributed by atoms with Crippen LogP contribution in [-0.2, 0) is 9.59 Å². The molecule has 0 fully saturated rings. The zero-order chi connectivity index (χ0) is 19.6. The number of hydrogen-bond donors (Lipinski definition) is 2. The molecule has 1 heterocycles. The van der Waals surface area contributed by atoms with Crippen LogP contribution in [0, 0.1) is 6.92 Å². The Labute approximate surface area is 166 Å². The highest BCUT2D eigenvalue weighted by Crippen LogP contribution is 2.32. The highest BCUT2D eigenvalue weighted by atomic mass is 32.2. The minimum atomic E-state index is -0.385. The minimum Gasteiger partial charge on any atom is -0.490 e. The minimum absolute atomic E-state index is 0.128.